The van der Waals surface area contributed by atoms with Gasteiger partial charge in [-0.05, 0) is 87.9 Å². The van der Waals surface area contributed by atoms with Crippen LogP contribution in [0.15, 0.2) is 47.0 Å². The summed E-state index contributed by atoms with van der Waals surface area (Å²) in [5.74, 6) is 1.30. The summed E-state index contributed by atoms with van der Waals surface area (Å²) < 4.78 is 11.4. The Bertz CT molecular complexity index is 1260. The van der Waals surface area contributed by atoms with Gasteiger partial charge in [-0.15, -0.1) is 0 Å². The topological polar surface area (TPSA) is 88.7 Å². The van der Waals surface area contributed by atoms with Crippen LogP contribution in [0.1, 0.15) is 50.7 Å². The third-order valence-corrected chi connectivity index (χ3v) is 8.01. The van der Waals surface area contributed by atoms with Crippen molar-refractivity contribution in [2.75, 3.05) is 19.6 Å². The van der Waals surface area contributed by atoms with Gasteiger partial charge in [-0.2, -0.15) is 4.98 Å². The van der Waals surface area contributed by atoms with Crippen molar-refractivity contribution in [1.82, 2.24) is 15.0 Å². The van der Waals surface area contributed by atoms with Crippen LogP contribution in [0.25, 0.3) is 22.8 Å². The lowest BCUT2D eigenvalue weighted by Crippen LogP contribution is -2.35. The number of carboxylic acids is 1. The Balaban J connectivity index is 1.23. The summed E-state index contributed by atoms with van der Waals surface area (Å²) in [7, 11) is 0. The number of fused-ring (bicyclic) bond motifs is 2. The molecule has 1 saturated carbocycles. The van der Waals surface area contributed by atoms with Crippen molar-refractivity contribution in [3.05, 3.63) is 53.6 Å². The maximum atomic E-state index is 11.7. The second-order valence-electron chi connectivity index (χ2n) is 10.8. The lowest BCUT2D eigenvalue weighted by Gasteiger charge is -2.27. The van der Waals surface area contributed by atoms with Gasteiger partial charge in [0, 0.05) is 29.6 Å². The molecule has 7 heteroatoms. The first-order chi connectivity index (χ1) is 16.9. The molecule has 2 aliphatic carbocycles. The Morgan fingerprint density at radius 1 is 1.14 bits per heavy atom. The molecular weight excluding hydrogens is 442 g/mol. The van der Waals surface area contributed by atoms with Crippen molar-refractivity contribution in [1.29, 1.82) is 0 Å². The molecular formula is C28H31N3O4. The van der Waals surface area contributed by atoms with E-state index in [1.807, 2.05) is 38.1 Å². The van der Waals surface area contributed by atoms with Gasteiger partial charge in [0.1, 0.15) is 5.75 Å². The summed E-state index contributed by atoms with van der Waals surface area (Å²) in [4.78, 5) is 18.8. The van der Waals surface area contributed by atoms with E-state index in [1.54, 1.807) is 0 Å². The fourth-order valence-electron chi connectivity index (χ4n) is 6.00. The van der Waals surface area contributed by atoms with Gasteiger partial charge in [0.2, 0.25) is 5.82 Å². The van der Waals surface area contributed by atoms with Gasteiger partial charge < -0.3 is 19.3 Å². The molecule has 2 heterocycles. The van der Waals surface area contributed by atoms with Crippen molar-refractivity contribution >= 4 is 5.97 Å². The number of carboxylic acid groups (broad SMARTS) is 1. The molecule has 2 fully saturated rings. The van der Waals surface area contributed by atoms with Gasteiger partial charge in [0.25, 0.3) is 5.89 Å². The first kappa shape index (κ1) is 22.3. The number of ether oxygens (including phenoxy) is 1. The third-order valence-electron chi connectivity index (χ3n) is 8.01. The number of rotatable bonds is 7. The van der Waals surface area contributed by atoms with Crippen LogP contribution in [0, 0.1) is 5.41 Å². The molecule has 0 bridgehead atoms. The van der Waals surface area contributed by atoms with Crippen molar-refractivity contribution in [3.63, 3.8) is 0 Å². The molecule has 1 spiro atoms. The molecule has 35 heavy (non-hydrogen) atoms. The fourth-order valence-corrected chi connectivity index (χ4v) is 6.00. The van der Waals surface area contributed by atoms with Gasteiger partial charge in [-0.25, -0.2) is 0 Å². The highest BCUT2D eigenvalue weighted by Crippen LogP contribution is 2.51. The van der Waals surface area contributed by atoms with Crippen molar-refractivity contribution in [2.24, 2.45) is 5.41 Å². The number of carbonyl (C=O) groups is 1. The maximum absolute atomic E-state index is 11.7. The molecule has 2 aromatic carbocycles. The summed E-state index contributed by atoms with van der Waals surface area (Å²) >= 11 is 0. The van der Waals surface area contributed by atoms with E-state index in [-0.39, 0.29) is 11.5 Å². The van der Waals surface area contributed by atoms with E-state index in [1.165, 1.54) is 11.1 Å². The lowest BCUT2D eigenvalue weighted by molar-refractivity contribution is -0.144. The lowest BCUT2D eigenvalue weighted by atomic mass is 9.81. The molecule has 6 rings (SSSR count). The van der Waals surface area contributed by atoms with Crippen LogP contribution in [0.3, 0.4) is 0 Å². The van der Waals surface area contributed by atoms with Crippen LogP contribution in [-0.2, 0) is 16.6 Å². The monoisotopic (exact) mass is 473 g/mol. The van der Waals surface area contributed by atoms with Crippen LogP contribution in [0.2, 0.25) is 0 Å². The molecule has 1 aromatic heterocycles. The number of hydrogen-bond donors (Lipinski definition) is 1. The number of hydrogen-bond acceptors (Lipinski definition) is 6. The molecule has 1 saturated heterocycles. The molecule has 1 atom stereocenters. The van der Waals surface area contributed by atoms with Gasteiger partial charge in [-0.1, -0.05) is 23.4 Å². The Morgan fingerprint density at radius 3 is 2.66 bits per heavy atom. The normalized spacial score (nSPS) is 22.6. The number of benzene rings is 2. The highest BCUT2D eigenvalue weighted by Gasteiger charge is 2.53. The zero-order valence-corrected chi connectivity index (χ0v) is 20.3. The standard InChI is InChI=1S/C28H31N3O4/c1-18(2)34-20-8-6-19(7-9-20)25-29-24(30-35-25)22-4-3-5-23-21(22)10-11-27(23)14-15-31(16-27)17-28(12-13-28)26(32)33/h3-9,18H,10-17H2,1-2H3,(H,32,33). The summed E-state index contributed by atoms with van der Waals surface area (Å²) in [6, 6.07) is 14.1. The van der Waals surface area contributed by atoms with E-state index in [9.17, 15) is 9.90 Å². The molecule has 3 aliphatic rings. The Morgan fingerprint density at radius 2 is 1.94 bits per heavy atom. The second kappa shape index (κ2) is 8.19. The molecule has 0 amide bonds. The quantitative estimate of drug-likeness (QED) is 0.520. The van der Waals surface area contributed by atoms with E-state index >= 15 is 0 Å². The van der Waals surface area contributed by atoms with Gasteiger partial charge in [-0.3, -0.25) is 4.79 Å². The average Bonchev–Trinajstić information content (AvgIpc) is 3.17. The van der Waals surface area contributed by atoms with E-state index in [0.29, 0.717) is 18.3 Å². The van der Waals surface area contributed by atoms with Crippen LogP contribution < -0.4 is 4.74 Å². The van der Waals surface area contributed by atoms with Crippen LogP contribution in [-0.4, -0.2) is 51.9 Å². The van der Waals surface area contributed by atoms with E-state index < -0.39 is 11.4 Å². The summed E-state index contributed by atoms with van der Waals surface area (Å²) in [5, 5.41) is 13.9. The molecule has 1 unspecified atom stereocenters. The van der Waals surface area contributed by atoms with Gasteiger partial charge in [0.15, 0.2) is 0 Å². The minimum absolute atomic E-state index is 0.0960. The first-order valence-electron chi connectivity index (χ1n) is 12.6. The van der Waals surface area contributed by atoms with E-state index in [2.05, 4.69) is 28.3 Å². The highest BCUT2D eigenvalue weighted by molar-refractivity contribution is 5.78. The van der Waals surface area contributed by atoms with Crippen molar-refractivity contribution in [2.45, 2.75) is 57.5 Å². The second-order valence-corrected chi connectivity index (χ2v) is 10.8. The summed E-state index contributed by atoms with van der Waals surface area (Å²) in [6.07, 6.45) is 4.87. The zero-order valence-electron chi connectivity index (χ0n) is 20.3. The molecule has 182 valence electrons. The van der Waals surface area contributed by atoms with Crippen LogP contribution >= 0.6 is 0 Å². The molecule has 3 aromatic rings. The fraction of sp³-hybridized carbons (Fsp3) is 0.464. The number of aromatic nitrogens is 2. The van der Waals surface area contributed by atoms with Crippen molar-refractivity contribution in [3.8, 4) is 28.6 Å². The predicted molar refractivity (Wildman–Crippen MR) is 131 cm³/mol. The van der Waals surface area contributed by atoms with Gasteiger partial charge >= 0.3 is 5.97 Å². The molecule has 7 nitrogen and oxygen atoms in total. The molecule has 1 N–H and O–H groups in total. The smallest absolute Gasteiger partial charge is 0.310 e. The molecule has 1 aliphatic heterocycles. The average molecular weight is 474 g/mol. The first-order valence-corrected chi connectivity index (χ1v) is 12.6. The Hall–Kier alpha value is -3.19. The zero-order chi connectivity index (χ0) is 24.2. The highest BCUT2D eigenvalue weighted by atomic mass is 16.5. The van der Waals surface area contributed by atoms with Crippen LogP contribution in [0.5, 0.6) is 5.75 Å². The van der Waals surface area contributed by atoms with E-state index in [0.717, 1.165) is 62.1 Å². The Labute approximate surface area is 205 Å². The van der Waals surface area contributed by atoms with Crippen molar-refractivity contribution < 1.29 is 19.2 Å². The Kier molecular flexibility index (Phi) is 5.22. The van der Waals surface area contributed by atoms with E-state index in [4.69, 9.17) is 14.2 Å². The van der Waals surface area contributed by atoms with Crippen LogP contribution in [0.4, 0.5) is 0 Å². The minimum atomic E-state index is -0.637. The predicted octanol–water partition coefficient (Wildman–Crippen LogP) is 4.95. The largest absolute Gasteiger partial charge is 0.491 e. The summed E-state index contributed by atoms with van der Waals surface area (Å²) in [5.41, 5.74) is 4.17. The maximum Gasteiger partial charge on any atom is 0.310 e. The SMILES string of the molecule is CC(C)Oc1ccc(-c2nc(-c3cccc4c3CCC43CCN(CC4(C(=O)O)CC4)C3)no2)cc1. The minimum Gasteiger partial charge on any atom is -0.491 e. The number of nitrogens with zero attached hydrogens (tertiary/aromatic N) is 3. The number of likely N-dealkylation sites (tertiary alicyclic amines) is 1. The summed E-state index contributed by atoms with van der Waals surface area (Å²) in [6.45, 7) is 6.57. The molecule has 0 radical (unpaired) electrons. The third kappa shape index (κ3) is 3.92. The van der Waals surface area contributed by atoms with Gasteiger partial charge in [0.05, 0.1) is 11.5 Å². The number of aliphatic carboxylic acids is 1.